The van der Waals surface area contributed by atoms with Crippen molar-refractivity contribution in [1.82, 2.24) is 10.6 Å². The molecule has 0 saturated carbocycles. The summed E-state index contributed by atoms with van der Waals surface area (Å²) in [5, 5.41) is 15.2. The number of rotatable bonds is 4. The first-order valence-electron chi connectivity index (χ1n) is 6.10. The molecule has 1 saturated heterocycles. The number of carbonyl (C=O) groups is 1. The lowest BCUT2D eigenvalue weighted by molar-refractivity contribution is -0.124. The lowest BCUT2D eigenvalue weighted by atomic mass is 9.84. The van der Waals surface area contributed by atoms with Crippen LogP contribution in [0.1, 0.15) is 40.0 Å². The molecular formula is C12H24N2O2. The predicted octanol–water partition coefficient (Wildman–Crippen LogP) is 0.652. The van der Waals surface area contributed by atoms with Crippen LogP contribution in [0.3, 0.4) is 0 Å². The summed E-state index contributed by atoms with van der Waals surface area (Å²) in [4.78, 5) is 11.9. The van der Waals surface area contributed by atoms with Crippen molar-refractivity contribution in [2.45, 2.75) is 52.1 Å². The maximum absolute atomic E-state index is 11.9. The van der Waals surface area contributed by atoms with Gasteiger partial charge in [0.25, 0.3) is 0 Å². The first kappa shape index (κ1) is 13.5. The summed E-state index contributed by atoms with van der Waals surface area (Å²) < 4.78 is 0. The molecule has 2 atom stereocenters. The quantitative estimate of drug-likeness (QED) is 0.662. The van der Waals surface area contributed by atoms with E-state index in [0.717, 1.165) is 19.4 Å². The highest BCUT2D eigenvalue weighted by Gasteiger charge is 2.29. The molecule has 1 amide bonds. The Kier molecular flexibility index (Phi) is 4.74. The highest BCUT2D eigenvalue weighted by atomic mass is 16.3. The Labute approximate surface area is 97.8 Å². The molecule has 0 spiro atoms. The second-order valence-corrected chi connectivity index (χ2v) is 5.59. The number of aliphatic hydroxyl groups excluding tert-OH is 1. The number of nitrogens with one attached hydrogen (secondary N) is 2. The van der Waals surface area contributed by atoms with Gasteiger partial charge in [-0.15, -0.1) is 0 Å². The number of hydrogen-bond donors (Lipinski definition) is 3. The normalized spacial score (nSPS) is 23.1. The van der Waals surface area contributed by atoms with E-state index in [1.54, 1.807) is 0 Å². The van der Waals surface area contributed by atoms with E-state index >= 15 is 0 Å². The summed E-state index contributed by atoms with van der Waals surface area (Å²) in [5.74, 6) is 0.0749. The minimum atomic E-state index is -0.0384. The monoisotopic (exact) mass is 228 g/mol. The van der Waals surface area contributed by atoms with Crippen molar-refractivity contribution in [2.75, 3.05) is 13.2 Å². The topological polar surface area (TPSA) is 61.4 Å². The summed E-state index contributed by atoms with van der Waals surface area (Å²) in [6.07, 6.45) is 2.60. The van der Waals surface area contributed by atoms with Crippen LogP contribution in [-0.4, -0.2) is 36.2 Å². The Hall–Kier alpha value is -0.610. The van der Waals surface area contributed by atoms with Crippen LogP contribution in [0.5, 0.6) is 0 Å². The fraction of sp³-hybridized carbons (Fsp3) is 0.917. The van der Waals surface area contributed by atoms with E-state index in [1.165, 1.54) is 0 Å². The predicted molar refractivity (Wildman–Crippen MR) is 64.1 cm³/mol. The summed E-state index contributed by atoms with van der Waals surface area (Å²) in [7, 11) is 0. The van der Waals surface area contributed by atoms with Gasteiger partial charge >= 0.3 is 0 Å². The molecule has 1 aliphatic rings. The third kappa shape index (κ3) is 3.76. The fourth-order valence-electron chi connectivity index (χ4n) is 2.03. The molecule has 16 heavy (non-hydrogen) atoms. The lowest BCUT2D eigenvalue weighted by Crippen LogP contribution is -2.50. The molecule has 4 nitrogen and oxygen atoms in total. The van der Waals surface area contributed by atoms with Crippen LogP contribution in [0.15, 0.2) is 0 Å². The van der Waals surface area contributed by atoms with Crippen LogP contribution >= 0.6 is 0 Å². The van der Waals surface area contributed by atoms with Crippen molar-refractivity contribution in [3.63, 3.8) is 0 Å². The van der Waals surface area contributed by atoms with Gasteiger partial charge in [0, 0.05) is 12.6 Å². The highest BCUT2D eigenvalue weighted by molar-refractivity contribution is 5.82. The first-order valence-corrected chi connectivity index (χ1v) is 6.10. The second kappa shape index (κ2) is 5.64. The van der Waals surface area contributed by atoms with Gasteiger partial charge < -0.3 is 15.7 Å². The van der Waals surface area contributed by atoms with Gasteiger partial charge in [-0.1, -0.05) is 20.8 Å². The maximum atomic E-state index is 11.9. The Morgan fingerprint density at radius 1 is 1.56 bits per heavy atom. The highest BCUT2D eigenvalue weighted by Crippen LogP contribution is 2.22. The number of hydrogen-bond acceptors (Lipinski definition) is 3. The second-order valence-electron chi connectivity index (χ2n) is 5.59. The van der Waals surface area contributed by atoms with Crippen molar-refractivity contribution >= 4 is 5.91 Å². The van der Waals surface area contributed by atoms with Gasteiger partial charge in [-0.2, -0.15) is 0 Å². The Bertz CT molecular complexity index is 230. The molecule has 0 aliphatic carbocycles. The molecule has 3 N–H and O–H groups in total. The molecule has 1 aliphatic heterocycles. The third-order valence-electron chi connectivity index (χ3n) is 3.16. The van der Waals surface area contributed by atoms with Gasteiger partial charge in [-0.3, -0.25) is 4.79 Å². The van der Waals surface area contributed by atoms with Crippen molar-refractivity contribution in [1.29, 1.82) is 0 Å². The minimum absolute atomic E-state index is 0.0169. The van der Waals surface area contributed by atoms with Crippen molar-refractivity contribution in [2.24, 2.45) is 5.41 Å². The number of amides is 1. The van der Waals surface area contributed by atoms with Crippen LogP contribution in [0.2, 0.25) is 0 Å². The van der Waals surface area contributed by atoms with Crippen LogP contribution in [-0.2, 0) is 4.79 Å². The first-order chi connectivity index (χ1) is 7.45. The van der Waals surface area contributed by atoms with Crippen LogP contribution < -0.4 is 10.6 Å². The molecule has 0 aromatic heterocycles. The van der Waals surface area contributed by atoms with Gasteiger partial charge in [0.1, 0.15) is 0 Å². The molecule has 1 heterocycles. The van der Waals surface area contributed by atoms with Gasteiger partial charge in [-0.05, 0) is 31.2 Å². The molecule has 1 unspecified atom stereocenters. The zero-order valence-corrected chi connectivity index (χ0v) is 10.5. The van der Waals surface area contributed by atoms with E-state index in [-0.39, 0.29) is 30.0 Å². The van der Waals surface area contributed by atoms with E-state index in [2.05, 4.69) is 31.4 Å². The number of aliphatic hydroxyl groups is 1. The molecule has 4 heteroatoms. The number of carbonyl (C=O) groups excluding carboxylic acids is 1. The Balaban J connectivity index is 2.50. The largest absolute Gasteiger partial charge is 0.396 e. The van der Waals surface area contributed by atoms with E-state index in [9.17, 15) is 4.79 Å². The summed E-state index contributed by atoms with van der Waals surface area (Å²) in [6, 6.07) is -0.00376. The average molecular weight is 228 g/mol. The van der Waals surface area contributed by atoms with Gasteiger partial charge in [0.15, 0.2) is 0 Å². The zero-order valence-electron chi connectivity index (χ0n) is 10.5. The van der Waals surface area contributed by atoms with Crippen molar-refractivity contribution in [3.05, 3.63) is 0 Å². The van der Waals surface area contributed by atoms with Crippen LogP contribution in [0.25, 0.3) is 0 Å². The summed E-state index contributed by atoms with van der Waals surface area (Å²) in [6.45, 7) is 7.28. The molecule has 1 rings (SSSR count). The lowest BCUT2D eigenvalue weighted by Gasteiger charge is -2.32. The van der Waals surface area contributed by atoms with E-state index in [0.29, 0.717) is 6.42 Å². The summed E-state index contributed by atoms with van der Waals surface area (Å²) >= 11 is 0. The molecule has 94 valence electrons. The molecule has 0 bridgehead atoms. The van der Waals surface area contributed by atoms with Gasteiger partial charge in [0.05, 0.1) is 6.04 Å². The smallest absolute Gasteiger partial charge is 0.237 e. The molecule has 0 radical (unpaired) electrons. The minimum Gasteiger partial charge on any atom is -0.396 e. The van der Waals surface area contributed by atoms with Gasteiger partial charge in [-0.25, -0.2) is 0 Å². The Morgan fingerprint density at radius 3 is 2.69 bits per heavy atom. The fourth-order valence-corrected chi connectivity index (χ4v) is 2.03. The van der Waals surface area contributed by atoms with Crippen LogP contribution in [0.4, 0.5) is 0 Å². The maximum Gasteiger partial charge on any atom is 0.237 e. The van der Waals surface area contributed by atoms with E-state index in [1.807, 2.05) is 0 Å². The average Bonchev–Trinajstić information content (AvgIpc) is 2.68. The molecule has 0 aromatic carbocycles. The van der Waals surface area contributed by atoms with E-state index in [4.69, 9.17) is 5.11 Å². The van der Waals surface area contributed by atoms with Crippen molar-refractivity contribution in [3.8, 4) is 0 Å². The molecular weight excluding hydrogens is 204 g/mol. The van der Waals surface area contributed by atoms with Crippen molar-refractivity contribution < 1.29 is 9.90 Å². The zero-order chi connectivity index (χ0) is 12.2. The molecule has 1 fully saturated rings. The SMILES string of the molecule is CC(C)(C)C(CCO)NC(=O)[C@H]1CCCN1. The third-order valence-corrected chi connectivity index (χ3v) is 3.16. The standard InChI is InChI=1S/C12H24N2O2/c1-12(2,3)10(6-8-15)14-11(16)9-5-4-7-13-9/h9-10,13,15H,4-8H2,1-3H3,(H,14,16)/t9-,10?/m1/s1. The van der Waals surface area contributed by atoms with E-state index < -0.39 is 0 Å². The Morgan fingerprint density at radius 2 is 2.25 bits per heavy atom. The molecule has 0 aromatic rings. The van der Waals surface area contributed by atoms with Crippen LogP contribution in [0, 0.1) is 5.41 Å². The summed E-state index contributed by atoms with van der Waals surface area (Å²) in [5.41, 5.74) is -0.0169. The van der Waals surface area contributed by atoms with Gasteiger partial charge in [0.2, 0.25) is 5.91 Å².